The molecule has 0 bridgehead atoms. The van der Waals surface area contributed by atoms with Gasteiger partial charge in [0.1, 0.15) is 11.5 Å². The standard InChI is InChI=1S/C17H14F2N6O/c1-2-15(26)20-9-12-5-8-14(11-3-6-13(19)7-4-11)21-16(12)17-22-24-25(10-18)23-17/h2-8H,1,9-10H2,(H,20,26). The zero-order valence-electron chi connectivity index (χ0n) is 13.6. The normalized spacial score (nSPS) is 10.5. The molecule has 3 aromatic rings. The van der Waals surface area contributed by atoms with Gasteiger partial charge in [-0.3, -0.25) is 4.79 Å². The highest BCUT2D eigenvalue weighted by molar-refractivity contribution is 5.86. The Balaban J connectivity index is 2.02. The van der Waals surface area contributed by atoms with E-state index >= 15 is 0 Å². The van der Waals surface area contributed by atoms with E-state index in [0.29, 0.717) is 22.5 Å². The Morgan fingerprint density at radius 1 is 1.23 bits per heavy atom. The topological polar surface area (TPSA) is 85.6 Å². The molecule has 132 valence electrons. The van der Waals surface area contributed by atoms with Gasteiger partial charge in [0.05, 0.1) is 5.69 Å². The summed E-state index contributed by atoms with van der Waals surface area (Å²) in [6, 6.07) is 9.30. The van der Waals surface area contributed by atoms with Crippen LogP contribution in [0.4, 0.5) is 8.78 Å². The first-order chi connectivity index (χ1) is 12.6. The van der Waals surface area contributed by atoms with Crippen molar-refractivity contribution in [3.8, 4) is 22.8 Å². The molecule has 1 N–H and O–H groups in total. The lowest BCUT2D eigenvalue weighted by Gasteiger charge is -2.09. The van der Waals surface area contributed by atoms with E-state index < -0.39 is 6.80 Å². The van der Waals surface area contributed by atoms with Crippen LogP contribution in [0, 0.1) is 5.82 Å². The third-order valence-electron chi connectivity index (χ3n) is 3.53. The number of aromatic nitrogens is 5. The Bertz CT molecular complexity index is 939. The van der Waals surface area contributed by atoms with Crippen LogP contribution in [0.15, 0.2) is 49.1 Å². The summed E-state index contributed by atoms with van der Waals surface area (Å²) in [4.78, 5) is 16.7. The van der Waals surface area contributed by atoms with Gasteiger partial charge >= 0.3 is 0 Å². The van der Waals surface area contributed by atoms with E-state index in [9.17, 15) is 13.6 Å². The number of pyridine rings is 1. The zero-order valence-corrected chi connectivity index (χ0v) is 13.6. The van der Waals surface area contributed by atoms with Gasteiger partial charge < -0.3 is 5.32 Å². The summed E-state index contributed by atoms with van der Waals surface area (Å²) >= 11 is 0. The summed E-state index contributed by atoms with van der Waals surface area (Å²) in [5.41, 5.74) is 2.20. The summed E-state index contributed by atoms with van der Waals surface area (Å²) in [7, 11) is 0. The second-order valence-electron chi connectivity index (χ2n) is 5.24. The quantitative estimate of drug-likeness (QED) is 0.685. The molecule has 0 unspecified atom stereocenters. The highest BCUT2D eigenvalue weighted by Crippen LogP contribution is 2.24. The second kappa shape index (κ2) is 7.60. The van der Waals surface area contributed by atoms with E-state index in [0.717, 1.165) is 10.9 Å². The summed E-state index contributed by atoms with van der Waals surface area (Å²) in [6.45, 7) is 2.62. The summed E-state index contributed by atoms with van der Waals surface area (Å²) in [5.74, 6) is -0.585. The van der Waals surface area contributed by atoms with Crippen LogP contribution in [0.25, 0.3) is 22.8 Å². The molecular formula is C17H14F2N6O. The minimum Gasteiger partial charge on any atom is -0.348 e. The third-order valence-corrected chi connectivity index (χ3v) is 3.53. The number of nitrogens with one attached hydrogen (secondary N) is 1. The molecule has 2 aromatic heterocycles. The molecule has 0 radical (unpaired) electrons. The molecule has 7 nitrogen and oxygen atoms in total. The number of nitrogens with zero attached hydrogens (tertiary/aromatic N) is 5. The maximum atomic E-state index is 13.1. The third kappa shape index (κ3) is 3.77. The van der Waals surface area contributed by atoms with Crippen molar-refractivity contribution in [2.24, 2.45) is 0 Å². The first-order valence-electron chi connectivity index (χ1n) is 7.61. The smallest absolute Gasteiger partial charge is 0.243 e. The van der Waals surface area contributed by atoms with E-state index in [-0.39, 0.29) is 24.1 Å². The van der Waals surface area contributed by atoms with E-state index in [4.69, 9.17) is 0 Å². The number of tetrazole rings is 1. The van der Waals surface area contributed by atoms with Crippen LogP contribution >= 0.6 is 0 Å². The fourth-order valence-corrected chi connectivity index (χ4v) is 2.25. The van der Waals surface area contributed by atoms with E-state index in [2.05, 4.69) is 32.3 Å². The summed E-state index contributed by atoms with van der Waals surface area (Å²) in [6.07, 6.45) is 1.15. The number of hydrogen-bond donors (Lipinski definition) is 1. The molecule has 9 heteroatoms. The first-order valence-corrected chi connectivity index (χ1v) is 7.61. The second-order valence-corrected chi connectivity index (χ2v) is 5.24. The minimum absolute atomic E-state index is 0.120. The summed E-state index contributed by atoms with van der Waals surface area (Å²) in [5, 5.41) is 13.9. The van der Waals surface area contributed by atoms with Gasteiger partial charge in [0.25, 0.3) is 0 Å². The van der Waals surface area contributed by atoms with E-state index in [1.807, 2.05) is 0 Å². The predicted molar refractivity (Wildman–Crippen MR) is 89.6 cm³/mol. The van der Waals surface area contributed by atoms with Crippen molar-refractivity contribution in [3.63, 3.8) is 0 Å². The molecule has 3 rings (SSSR count). The zero-order chi connectivity index (χ0) is 18.5. The molecule has 0 aliphatic rings. The van der Waals surface area contributed by atoms with Crippen molar-refractivity contribution in [1.82, 2.24) is 30.5 Å². The minimum atomic E-state index is -0.923. The van der Waals surface area contributed by atoms with Gasteiger partial charge in [-0.1, -0.05) is 12.6 Å². The Morgan fingerprint density at radius 3 is 2.65 bits per heavy atom. The van der Waals surface area contributed by atoms with Crippen LogP contribution in [0.1, 0.15) is 5.56 Å². The summed E-state index contributed by atoms with van der Waals surface area (Å²) < 4.78 is 25.8. The van der Waals surface area contributed by atoms with Gasteiger partial charge in [-0.05, 0) is 41.6 Å². The molecule has 0 aliphatic heterocycles. The lowest BCUT2D eigenvalue weighted by Crippen LogP contribution is -2.20. The molecule has 0 fully saturated rings. The number of hydrogen-bond acceptors (Lipinski definition) is 5. The van der Waals surface area contributed by atoms with Gasteiger partial charge in [0.2, 0.25) is 18.5 Å². The Labute approximate surface area is 147 Å². The number of carbonyl (C=O) groups is 1. The van der Waals surface area contributed by atoms with Gasteiger partial charge in [0.15, 0.2) is 0 Å². The van der Waals surface area contributed by atoms with Crippen LogP contribution < -0.4 is 5.32 Å². The number of alkyl halides is 1. The fourth-order valence-electron chi connectivity index (χ4n) is 2.25. The van der Waals surface area contributed by atoms with Crippen LogP contribution in [0.3, 0.4) is 0 Å². The first kappa shape index (κ1) is 17.3. The van der Waals surface area contributed by atoms with Gasteiger partial charge in [-0.2, -0.15) is 0 Å². The molecule has 26 heavy (non-hydrogen) atoms. The van der Waals surface area contributed by atoms with Crippen LogP contribution in [0.5, 0.6) is 0 Å². The predicted octanol–water partition coefficient (Wildman–Crippen LogP) is 2.27. The molecule has 0 saturated carbocycles. The van der Waals surface area contributed by atoms with Crippen LogP contribution in [-0.4, -0.2) is 31.1 Å². The van der Waals surface area contributed by atoms with E-state index in [1.165, 1.54) is 12.1 Å². The molecule has 0 spiro atoms. The molecular weight excluding hydrogens is 342 g/mol. The van der Waals surface area contributed by atoms with Crippen molar-refractivity contribution in [1.29, 1.82) is 0 Å². The number of amides is 1. The average molecular weight is 356 g/mol. The molecule has 2 heterocycles. The Hall–Kier alpha value is -3.49. The van der Waals surface area contributed by atoms with Gasteiger partial charge in [-0.15, -0.1) is 15.0 Å². The Morgan fingerprint density at radius 2 is 2.00 bits per heavy atom. The van der Waals surface area contributed by atoms with Crippen molar-refractivity contribution in [3.05, 3.63) is 60.4 Å². The molecule has 0 saturated heterocycles. The molecule has 0 aliphatic carbocycles. The van der Waals surface area contributed by atoms with Crippen molar-refractivity contribution in [2.75, 3.05) is 0 Å². The number of benzene rings is 1. The molecule has 0 atom stereocenters. The highest BCUT2D eigenvalue weighted by Gasteiger charge is 2.15. The van der Waals surface area contributed by atoms with E-state index in [1.54, 1.807) is 24.3 Å². The molecule has 1 amide bonds. The highest BCUT2D eigenvalue weighted by atomic mass is 19.1. The molecule has 1 aromatic carbocycles. The van der Waals surface area contributed by atoms with Crippen LogP contribution in [-0.2, 0) is 18.1 Å². The maximum absolute atomic E-state index is 13.1. The van der Waals surface area contributed by atoms with Gasteiger partial charge in [0, 0.05) is 17.7 Å². The lowest BCUT2D eigenvalue weighted by molar-refractivity contribution is -0.116. The number of rotatable bonds is 6. The number of halogens is 2. The number of carbonyl (C=O) groups excluding carboxylic acids is 1. The largest absolute Gasteiger partial charge is 0.348 e. The fraction of sp³-hybridized carbons (Fsp3) is 0.118. The van der Waals surface area contributed by atoms with Crippen molar-refractivity contribution in [2.45, 2.75) is 13.3 Å². The van der Waals surface area contributed by atoms with Crippen LogP contribution in [0.2, 0.25) is 0 Å². The van der Waals surface area contributed by atoms with Crippen molar-refractivity contribution >= 4 is 5.91 Å². The van der Waals surface area contributed by atoms with Gasteiger partial charge in [-0.25, -0.2) is 13.8 Å². The van der Waals surface area contributed by atoms with Crippen molar-refractivity contribution < 1.29 is 13.6 Å². The lowest BCUT2D eigenvalue weighted by atomic mass is 10.1. The average Bonchev–Trinajstić information content (AvgIpc) is 3.15. The maximum Gasteiger partial charge on any atom is 0.243 e. The monoisotopic (exact) mass is 356 g/mol. The Kier molecular flexibility index (Phi) is 5.07. The SMILES string of the molecule is C=CC(=O)NCc1ccc(-c2ccc(F)cc2)nc1-c1nnn(CF)n1.